The van der Waals surface area contributed by atoms with Crippen LogP contribution in [0.25, 0.3) is 0 Å². The minimum absolute atomic E-state index is 0.111. The third-order valence-electron chi connectivity index (χ3n) is 5.91. The lowest BCUT2D eigenvalue weighted by atomic mass is 10.1. The highest BCUT2D eigenvalue weighted by Gasteiger charge is 2.22. The Morgan fingerprint density at radius 3 is 2.47 bits per heavy atom. The van der Waals surface area contributed by atoms with E-state index >= 15 is 0 Å². The molecular weight excluding hydrogens is 487 g/mol. The number of anilines is 2. The molecule has 9 heteroatoms. The van der Waals surface area contributed by atoms with Crippen molar-refractivity contribution in [1.82, 2.24) is 0 Å². The van der Waals surface area contributed by atoms with Crippen LogP contribution in [-0.4, -0.2) is 43.3 Å². The first kappa shape index (κ1) is 25.5. The summed E-state index contributed by atoms with van der Waals surface area (Å²) >= 11 is 6.24. The number of hydrogen-bond acceptors (Lipinski definition) is 5. The van der Waals surface area contributed by atoms with Gasteiger partial charge in [-0.25, -0.2) is 9.18 Å². The van der Waals surface area contributed by atoms with Gasteiger partial charge < -0.3 is 24.4 Å². The number of carbonyl (C=O) groups is 2. The number of nitrogens with zero attached hydrogens (tertiary/aromatic N) is 2. The van der Waals surface area contributed by atoms with Crippen LogP contribution in [0.3, 0.4) is 0 Å². The van der Waals surface area contributed by atoms with Gasteiger partial charge in [0.05, 0.1) is 31.0 Å². The molecule has 1 heterocycles. The van der Waals surface area contributed by atoms with Crippen LogP contribution < -0.4 is 14.5 Å². The zero-order valence-electron chi connectivity index (χ0n) is 19.7. The predicted molar refractivity (Wildman–Crippen MR) is 135 cm³/mol. The lowest BCUT2D eigenvalue weighted by molar-refractivity contribution is -0.116. The standard InChI is InChI=1S/C27H26ClFN2O5/c1-18(32)31(23-7-8-25(24(15-23)27(33)34)30-10-12-35-13-11-30)16-20-14-21(28)4-9-26(20)36-17-19-2-5-22(29)6-3-19/h2-9,14-15H,10-13,16-17H2,1H3,(H,33,34). The molecule has 0 atom stereocenters. The van der Waals surface area contributed by atoms with Crippen molar-refractivity contribution in [2.45, 2.75) is 20.1 Å². The molecule has 4 rings (SSSR count). The summed E-state index contributed by atoms with van der Waals surface area (Å²) in [6, 6.07) is 16.1. The Balaban J connectivity index is 1.61. The van der Waals surface area contributed by atoms with E-state index in [1.54, 1.807) is 42.5 Å². The number of ether oxygens (including phenoxy) is 2. The Hall–Kier alpha value is -3.62. The lowest BCUT2D eigenvalue weighted by Gasteiger charge is -2.31. The highest BCUT2D eigenvalue weighted by atomic mass is 35.5. The van der Waals surface area contributed by atoms with Crippen molar-refractivity contribution in [2.75, 3.05) is 36.1 Å². The highest BCUT2D eigenvalue weighted by Crippen LogP contribution is 2.31. The van der Waals surface area contributed by atoms with Crippen LogP contribution in [0, 0.1) is 5.82 Å². The summed E-state index contributed by atoms with van der Waals surface area (Å²) in [6.07, 6.45) is 0. The van der Waals surface area contributed by atoms with E-state index in [-0.39, 0.29) is 30.4 Å². The van der Waals surface area contributed by atoms with E-state index in [1.807, 2.05) is 4.90 Å². The molecule has 188 valence electrons. The van der Waals surface area contributed by atoms with Gasteiger partial charge in [-0.1, -0.05) is 23.7 Å². The quantitative estimate of drug-likeness (QED) is 0.450. The predicted octanol–water partition coefficient (Wildman–Crippen LogP) is 5.15. The number of hydrogen-bond donors (Lipinski definition) is 1. The first-order chi connectivity index (χ1) is 17.3. The smallest absolute Gasteiger partial charge is 0.337 e. The van der Waals surface area contributed by atoms with Gasteiger partial charge in [0.2, 0.25) is 5.91 Å². The van der Waals surface area contributed by atoms with Crippen LogP contribution in [-0.2, 0) is 22.7 Å². The van der Waals surface area contributed by atoms with Gasteiger partial charge in [-0.15, -0.1) is 0 Å². The average molecular weight is 513 g/mol. The number of rotatable bonds is 8. The molecule has 0 bridgehead atoms. The van der Waals surface area contributed by atoms with E-state index in [0.29, 0.717) is 54.0 Å². The van der Waals surface area contributed by atoms with Crippen LogP contribution in [0.2, 0.25) is 5.02 Å². The molecule has 0 spiro atoms. The molecule has 1 aliphatic rings. The van der Waals surface area contributed by atoms with Gasteiger partial charge in [0.15, 0.2) is 0 Å². The molecule has 0 saturated carbocycles. The number of carboxylic acids is 1. The second-order valence-electron chi connectivity index (χ2n) is 8.38. The second kappa shape index (κ2) is 11.4. The Morgan fingerprint density at radius 1 is 1.08 bits per heavy atom. The average Bonchev–Trinajstić information content (AvgIpc) is 2.87. The summed E-state index contributed by atoms with van der Waals surface area (Å²) in [5.41, 5.74) is 2.57. The molecule has 0 radical (unpaired) electrons. The fraction of sp³-hybridized carbons (Fsp3) is 0.259. The number of benzene rings is 3. The first-order valence-electron chi connectivity index (χ1n) is 11.5. The summed E-state index contributed by atoms with van der Waals surface area (Å²) in [6.45, 7) is 3.96. The lowest BCUT2D eigenvalue weighted by Crippen LogP contribution is -2.37. The largest absolute Gasteiger partial charge is 0.489 e. The maximum Gasteiger partial charge on any atom is 0.337 e. The molecule has 1 fully saturated rings. The van der Waals surface area contributed by atoms with Gasteiger partial charge in [0.1, 0.15) is 18.2 Å². The SMILES string of the molecule is CC(=O)N(Cc1cc(Cl)ccc1OCc1ccc(F)cc1)c1ccc(N2CCOCC2)c(C(=O)O)c1. The fourth-order valence-electron chi connectivity index (χ4n) is 4.05. The number of amides is 1. The number of morpholine rings is 1. The van der Waals surface area contributed by atoms with Crippen LogP contribution in [0.15, 0.2) is 60.7 Å². The number of halogens is 2. The molecule has 7 nitrogen and oxygen atoms in total. The van der Waals surface area contributed by atoms with Crippen molar-refractivity contribution in [1.29, 1.82) is 0 Å². The minimum Gasteiger partial charge on any atom is -0.489 e. The van der Waals surface area contributed by atoms with Gasteiger partial charge >= 0.3 is 5.97 Å². The fourth-order valence-corrected chi connectivity index (χ4v) is 4.25. The summed E-state index contributed by atoms with van der Waals surface area (Å²) in [5.74, 6) is -1.16. The van der Waals surface area contributed by atoms with Crippen molar-refractivity contribution in [3.8, 4) is 5.75 Å². The van der Waals surface area contributed by atoms with Crippen molar-refractivity contribution in [3.05, 3.63) is 88.2 Å². The molecule has 36 heavy (non-hydrogen) atoms. The monoisotopic (exact) mass is 512 g/mol. The highest BCUT2D eigenvalue weighted by molar-refractivity contribution is 6.30. The first-order valence-corrected chi connectivity index (χ1v) is 11.8. The Labute approximate surface area is 213 Å². The van der Waals surface area contributed by atoms with Crippen molar-refractivity contribution >= 4 is 34.9 Å². The summed E-state index contributed by atoms with van der Waals surface area (Å²) < 4.78 is 24.5. The van der Waals surface area contributed by atoms with E-state index in [1.165, 1.54) is 30.0 Å². The van der Waals surface area contributed by atoms with Crippen LogP contribution in [0.4, 0.5) is 15.8 Å². The molecule has 3 aromatic rings. The number of aromatic carboxylic acids is 1. The van der Waals surface area contributed by atoms with Crippen molar-refractivity contribution < 1.29 is 28.6 Å². The maximum absolute atomic E-state index is 13.2. The third kappa shape index (κ3) is 6.13. The summed E-state index contributed by atoms with van der Waals surface area (Å²) in [5, 5.41) is 10.4. The van der Waals surface area contributed by atoms with Gasteiger partial charge in [-0.3, -0.25) is 4.79 Å². The van der Waals surface area contributed by atoms with E-state index < -0.39 is 5.97 Å². The van der Waals surface area contributed by atoms with Crippen LogP contribution in [0.1, 0.15) is 28.4 Å². The molecule has 1 N–H and O–H groups in total. The molecule has 1 saturated heterocycles. The van der Waals surface area contributed by atoms with Crippen LogP contribution >= 0.6 is 11.6 Å². The van der Waals surface area contributed by atoms with Gasteiger partial charge in [-0.05, 0) is 54.1 Å². The summed E-state index contributed by atoms with van der Waals surface area (Å²) in [7, 11) is 0. The van der Waals surface area contributed by atoms with E-state index in [2.05, 4.69) is 0 Å². The maximum atomic E-state index is 13.2. The molecular formula is C27H26ClFN2O5. The zero-order chi connectivity index (χ0) is 25.7. The molecule has 3 aromatic carbocycles. The van der Waals surface area contributed by atoms with Crippen LogP contribution in [0.5, 0.6) is 5.75 Å². The van der Waals surface area contributed by atoms with Crippen molar-refractivity contribution in [2.24, 2.45) is 0 Å². The van der Waals surface area contributed by atoms with Gasteiger partial charge in [0.25, 0.3) is 0 Å². The molecule has 0 aromatic heterocycles. The van der Waals surface area contributed by atoms with Gasteiger partial charge in [0, 0.05) is 36.3 Å². The van der Waals surface area contributed by atoms with Crippen molar-refractivity contribution in [3.63, 3.8) is 0 Å². The molecule has 0 unspecified atom stereocenters. The third-order valence-corrected chi connectivity index (χ3v) is 6.15. The Bertz CT molecular complexity index is 1250. The minimum atomic E-state index is -1.08. The summed E-state index contributed by atoms with van der Waals surface area (Å²) in [4.78, 5) is 28.2. The molecule has 0 aliphatic carbocycles. The van der Waals surface area contributed by atoms with E-state index in [9.17, 15) is 19.1 Å². The zero-order valence-corrected chi connectivity index (χ0v) is 20.5. The Morgan fingerprint density at radius 2 is 1.81 bits per heavy atom. The second-order valence-corrected chi connectivity index (χ2v) is 8.81. The number of carbonyl (C=O) groups excluding carboxylic acids is 1. The molecule has 1 aliphatic heterocycles. The normalized spacial score (nSPS) is 13.4. The number of carboxylic acid groups (broad SMARTS) is 1. The Kier molecular flexibility index (Phi) is 8.07. The van der Waals surface area contributed by atoms with E-state index in [4.69, 9.17) is 21.1 Å². The molecule has 1 amide bonds. The topological polar surface area (TPSA) is 79.3 Å². The van der Waals surface area contributed by atoms with Gasteiger partial charge in [-0.2, -0.15) is 0 Å². The van der Waals surface area contributed by atoms with E-state index in [0.717, 1.165) is 5.56 Å².